The highest BCUT2D eigenvalue weighted by molar-refractivity contribution is 7.86. The lowest BCUT2D eigenvalue weighted by atomic mass is 10.0. The summed E-state index contributed by atoms with van der Waals surface area (Å²) in [5, 5.41) is 1.33. The minimum atomic E-state index is -4.46. The van der Waals surface area contributed by atoms with Gasteiger partial charge in [-0.05, 0) is 12.8 Å². The molecule has 1 aromatic heterocycles. The van der Waals surface area contributed by atoms with Gasteiger partial charge >= 0.3 is 6.18 Å². The Bertz CT molecular complexity index is 598. The van der Waals surface area contributed by atoms with Crippen molar-refractivity contribution < 1.29 is 21.6 Å². The van der Waals surface area contributed by atoms with Gasteiger partial charge in [0.1, 0.15) is 0 Å². The minimum Gasteiger partial charge on any atom is -0.236 e. The second-order valence-corrected chi connectivity index (χ2v) is 8.09. The lowest BCUT2D eigenvalue weighted by Gasteiger charge is -2.32. The topological polar surface area (TPSA) is 53.5 Å². The van der Waals surface area contributed by atoms with Gasteiger partial charge in [-0.25, -0.2) is 4.98 Å². The van der Waals surface area contributed by atoms with Crippen molar-refractivity contribution in [3.8, 4) is 0 Å². The van der Waals surface area contributed by atoms with Crippen LogP contribution in [0.5, 0.6) is 0 Å². The molecule has 1 aliphatic heterocycles. The Morgan fingerprint density at radius 2 is 2.10 bits per heavy atom. The number of alkyl halides is 3. The molecular formula is C11H16F3N3O2S2. The molecule has 0 bridgehead atoms. The first-order chi connectivity index (χ1) is 9.62. The van der Waals surface area contributed by atoms with E-state index in [9.17, 15) is 21.6 Å². The van der Waals surface area contributed by atoms with E-state index < -0.39 is 22.1 Å². The molecule has 0 aliphatic carbocycles. The van der Waals surface area contributed by atoms with Gasteiger partial charge in [0, 0.05) is 38.5 Å². The fraction of sp³-hybridized carbons (Fsp3) is 0.727. The van der Waals surface area contributed by atoms with Crippen molar-refractivity contribution in [3.63, 3.8) is 0 Å². The second-order valence-electron chi connectivity index (χ2n) is 5.06. The molecule has 1 aromatic rings. The van der Waals surface area contributed by atoms with Crippen molar-refractivity contribution in [2.24, 2.45) is 0 Å². The van der Waals surface area contributed by atoms with Gasteiger partial charge in [0.15, 0.2) is 5.69 Å². The smallest absolute Gasteiger partial charge is 0.236 e. The number of aromatic nitrogens is 1. The Morgan fingerprint density at radius 3 is 2.62 bits per heavy atom. The van der Waals surface area contributed by atoms with Gasteiger partial charge in [0.05, 0.1) is 5.01 Å². The average molecular weight is 343 g/mol. The standard InChI is InChI=1S/C11H16F3N3O2S2/c1-16(2)21(18,19)17-5-3-4-8(6-17)10-15-9(7-20-10)11(12,13)14/h7-8H,3-6H2,1-2H3/t8-/m0/s1. The number of halogens is 3. The van der Waals surface area contributed by atoms with E-state index in [4.69, 9.17) is 0 Å². The third-order valence-electron chi connectivity index (χ3n) is 3.33. The largest absolute Gasteiger partial charge is 0.434 e. The molecule has 1 fully saturated rings. The van der Waals surface area contributed by atoms with E-state index in [2.05, 4.69) is 4.98 Å². The maximum atomic E-state index is 12.6. The SMILES string of the molecule is CN(C)S(=O)(=O)N1CCC[C@H](c2nc(C(F)(F)F)cs2)C1. The molecule has 2 rings (SSSR count). The van der Waals surface area contributed by atoms with E-state index in [0.717, 1.165) is 21.0 Å². The highest BCUT2D eigenvalue weighted by Gasteiger charge is 2.36. The van der Waals surface area contributed by atoms with E-state index in [1.807, 2.05) is 0 Å². The summed E-state index contributed by atoms with van der Waals surface area (Å²) in [6.07, 6.45) is -3.21. The van der Waals surface area contributed by atoms with Crippen LogP contribution in [0.4, 0.5) is 13.2 Å². The van der Waals surface area contributed by atoms with E-state index in [0.29, 0.717) is 24.4 Å². The molecular weight excluding hydrogens is 327 g/mol. The molecule has 10 heteroatoms. The van der Waals surface area contributed by atoms with Gasteiger partial charge in [-0.2, -0.15) is 30.2 Å². The normalized spacial score (nSPS) is 21.9. The Morgan fingerprint density at radius 1 is 1.43 bits per heavy atom. The molecule has 0 N–H and O–H groups in total. The van der Waals surface area contributed by atoms with Gasteiger partial charge in [-0.1, -0.05) is 0 Å². The molecule has 1 atom stereocenters. The van der Waals surface area contributed by atoms with Crippen LogP contribution in [-0.2, 0) is 16.4 Å². The van der Waals surface area contributed by atoms with Gasteiger partial charge in [-0.15, -0.1) is 11.3 Å². The minimum absolute atomic E-state index is 0.172. The van der Waals surface area contributed by atoms with Gasteiger partial charge < -0.3 is 0 Å². The molecule has 5 nitrogen and oxygen atoms in total. The summed E-state index contributed by atoms with van der Waals surface area (Å²) in [6, 6.07) is 0. The summed E-state index contributed by atoms with van der Waals surface area (Å²) >= 11 is 0.938. The molecule has 0 spiro atoms. The molecule has 1 saturated heterocycles. The number of rotatable bonds is 3. The van der Waals surface area contributed by atoms with E-state index in [1.165, 1.54) is 18.4 Å². The Kier molecular flexibility index (Phi) is 4.62. The number of nitrogens with zero attached hydrogens (tertiary/aromatic N) is 3. The molecule has 0 unspecified atom stereocenters. The van der Waals surface area contributed by atoms with Crippen molar-refractivity contribution in [2.45, 2.75) is 24.9 Å². The summed E-state index contributed by atoms with van der Waals surface area (Å²) in [6.45, 7) is 0.555. The predicted molar refractivity (Wildman–Crippen MR) is 73.3 cm³/mol. The van der Waals surface area contributed by atoms with E-state index >= 15 is 0 Å². The van der Waals surface area contributed by atoms with Crippen molar-refractivity contribution in [1.29, 1.82) is 0 Å². The van der Waals surface area contributed by atoms with E-state index in [-0.39, 0.29) is 12.5 Å². The quantitative estimate of drug-likeness (QED) is 0.845. The summed E-state index contributed by atoms with van der Waals surface area (Å²) in [7, 11) is -0.672. The van der Waals surface area contributed by atoms with Crippen LogP contribution in [-0.4, -0.2) is 49.2 Å². The summed E-state index contributed by atoms with van der Waals surface area (Å²) in [5.74, 6) is -0.283. The third kappa shape index (κ3) is 3.55. The zero-order valence-corrected chi connectivity index (χ0v) is 13.2. The zero-order chi connectivity index (χ0) is 15.8. The van der Waals surface area contributed by atoms with Crippen LogP contribution in [0.25, 0.3) is 0 Å². The highest BCUT2D eigenvalue weighted by atomic mass is 32.2. The van der Waals surface area contributed by atoms with Crippen molar-refractivity contribution >= 4 is 21.5 Å². The molecule has 0 amide bonds. The van der Waals surface area contributed by atoms with Crippen LogP contribution in [0, 0.1) is 0 Å². The fourth-order valence-electron chi connectivity index (χ4n) is 2.19. The number of hydrogen-bond acceptors (Lipinski definition) is 4. The molecule has 0 radical (unpaired) electrons. The first-order valence-electron chi connectivity index (χ1n) is 6.32. The number of piperidine rings is 1. The fourth-order valence-corrected chi connectivity index (χ4v) is 4.33. The van der Waals surface area contributed by atoms with Crippen LogP contribution in [0.3, 0.4) is 0 Å². The van der Waals surface area contributed by atoms with Crippen molar-refractivity contribution in [3.05, 3.63) is 16.1 Å². The maximum absolute atomic E-state index is 12.6. The van der Waals surface area contributed by atoms with Gasteiger partial charge in [0.25, 0.3) is 10.2 Å². The number of thiazole rings is 1. The zero-order valence-electron chi connectivity index (χ0n) is 11.6. The van der Waals surface area contributed by atoms with Gasteiger partial charge in [0.2, 0.25) is 0 Å². The molecule has 2 heterocycles. The molecule has 21 heavy (non-hydrogen) atoms. The lowest BCUT2D eigenvalue weighted by molar-refractivity contribution is -0.140. The van der Waals surface area contributed by atoms with Crippen LogP contribution >= 0.6 is 11.3 Å². The summed E-state index contributed by atoms with van der Waals surface area (Å²) < 4.78 is 64.3. The molecule has 1 aliphatic rings. The van der Waals surface area contributed by atoms with Crippen LogP contribution < -0.4 is 0 Å². The predicted octanol–water partition coefficient (Wildman–Crippen LogP) is 2.15. The Balaban J connectivity index is 2.17. The third-order valence-corrected chi connectivity index (χ3v) is 6.25. The summed E-state index contributed by atoms with van der Waals surface area (Å²) in [4.78, 5) is 3.62. The summed E-state index contributed by atoms with van der Waals surface area (Å²) in [5.41, 5.74) is -0.907. The lowest BCUT2D eigenvalue weighted by Crippen LogP contribution is -2.44. The molecule has 0 aromatic carbocycles. The van der Waals surface area contributed by atoms with E-state index in [1.54, 1.807) is 0 Å². The average Bonchev–Trinajstić information content (AvgIpc) is 2.88. The second kappa shape index (κ2) is 5.82. The van der Waals surface area contributed by atoms with Crippen LogP contribution in [0.2, 0.25) is 0 Å². The monoisotopic (exact) mass is 343 g/mol. The molecule has 0 saturated carbocycles. The first-order valence-corrected chi connectivity index (χ1v) is 8.60. The maximum Gasteiger partial charge on any atom is 0.434 e. The Hall–Kier alpha value is -0.710. The van der Waals surface area contributed by atoms with Crippen LogP contribution in [0.15, 0.2) is 5.38 Å². The van der Waals surface area contributed by atoms with Crippen molar-refractivity contribution in [1.82, 2.24) is 13.6 Å². The van der Waals surface area contributed by atoms with Gasteiger partial charge in [-0.3, -0.25) is 0 Å². The van der Waals surface area contributed by atoms with Crippen LogP contribution in [0.1, 0.15) is 29.5 Å². The molecule has 120 valence electrons. The Labute approximate surface area is 125 Å². The first kappa shape index (κ1) is 16.7. The highest BCUT2D eigenvalue weighted by Crippen LogP contribution is 2.35. The van der Waals surface area contributed by atoms with Crippen molar-refractivity contribution in [2.75, 3.05) is 27.2 Å². The number of hydrogen-bond donors (Lipinski definition) is 0.